The number of nitrogens with two attached hydrogens (primary N) is 1. The maximum atomic E-state index is 13.9. The number of nitrogens with one attached hydrogen (secondary N) is 2. The van der Waals surface area contributed by atoms with Gasteiger partial charge >= 0.3 is 0 Å². The van der Waals surface area contributed by atoms with Gasteiger partial charge in [-0.25, -0.2) is 19.3 Å². The molecule has 0 saturated heterocycles. The van der Waals surface area contributed by atoms with Crippen molar-refractivity contribution in [1.82, 2.24) is 19.9 Å². The predicted octanol–water partition coefficient (Wildman–Crippen LogP) is 5.45. The first-order valence-corrected chi connectivity index (χ1v) is 14.6. The highest BCUT2D eigenvalue weighted by atomic mass is 19.1. The molecule has 2 unspecified atom stereocenters. The van der Waals surface area contributed by atoms with E-state index in [1.165, 1.54) is 5.57 Å². The van der Waals surface area contributed by atoms with Gasteiger partial charge in [-0.1, -0.05) is 45.1 Å². The van der Waals surface area contributed by atoms with Gasteiger partial charge in [0.25, 0.3) is 0 Å². The van der Waals surface area contributed by atoms with E-state index in [-0.39, 0.29) is 11.5 Å². The van der Waals surface area contributed by atoms with Crippen LogP contribution in [0.2, 0.25) is 0 Å². The number of allylic oxidation sites excluding steroid dienone is 5. The molecule has 1 saturated carbocycles. The molecule has 0 amide bonds. The predicted molar refractivity (Wildman–Crippen MR) is 169 cm³/mol. The SMILES string of the molecule is C\C=C/C=C\C(=C\F)c1cc2c(-c3nc(NC(CC)C(C)(CC)CN)c4c(n3)=CCN=CC=4C3CC3)ccnc2[nH]1. The third-order valence-corrected chi connectivity index (χ3v) is 8.48. The third kappa shape index (κ3) is 5.79. The lowest BCUT2D eigenvalue weighted by molar-refractivity contribution is 0.263. The molecule has 0 aromatic carbocycles. The van der Waals surface area contributed by atoms with Crippen molar-refractivity contribution in [3.63, 3.8) is 0 Å². The summed E-state index contributed by atoms with van der Waals surface area (Å²) in [5.74, 6) is 1.89. The average molecular weight is 554 g/mol. The Hall–Kier alpha value is -3.91. The van der Waals surface area contributed by atoms with Gasteiger partial charge in [0.1, 0.15) is 11.5 Å². The van der Waals surface area contributed by atoms with Crippen molar-refractivity contribution in [1.29, 1.82) is 0 Å². The zero-order valence-electron chi connectivity index (χ0n) is 24.4. The number of nitrogens with zero attached hydrogens (tertiary/aromatic N) is 4. The van der Waals surface area contributed by atoms with Crippen LogP contribution in [-0.4, -0.2) is 45.3 Å². The molecule has 1 fully saturated rings. The van der Waals surface area contributed by atoms with Gasteiger partial charge in [0.05, 0.1) is 18.2 Å². The van der Waals surface area contributed by atoms with Crippen LogP contribution in [0.25, 0.3) is 39.6 Å². The van der Waals surface area contributed by atoms with Crippen LogP contribution in [-0.2, 0) is 0 Å². The van der Waals surface area contributed by atoms with Gasteiger partial charge in [-0.3, -0.25) is 4.99 Å². The highest BCUT2D eigenvalue weighted by Gasteiger charge is 2.32. The Morgan fingerprint density at radius 1 is 1.27 bits per heavy atom. The number of pyridine rings is 1. The highest BCUT2D eigenvalue weighted by molar-refractivity contribution is 6.05. The minimum absolute atomic E-state index is 0.0932. The fourth-order valence-electron chi connectivity index (χ4n) is 5.49. The summed E-state index contributed by atoms with van der Waals surface area (Å²) in [7, 11) is 0. The standard InChI is InChI=1S/C33H40FN7/c1-5-8-9-10-22(18-34)27-17-24-23(13-16-37-30(24)39-27)31-38-26-14-15-36-19-25(21-11-12-21)29(26)32(41-31)40-28(6-2)33(4,7-3)20-35/h5,8-10,13-14,16-19,21,28H,6-7,11-12,15,20,35H2,1-4H3,(H,37,39)(H,38,40,41)/b8-5-,10-9-,22-18-. The molecule has 0 bridgehead atoms. The summed E-state index contributed by atoms with van der Waals surface area (Å²) >= 11 is 0. The summed E-state index contributed by atoms with van der Waals surface area (Å²) in [6.45, 7) is 9.68. The number of aromatic nitrogens is 4. The van der Waals surface area contributed by atoms with Crippen molar-refractivity contribution >= 4 is 40.3 Å². The second-order valence-electron chi connectivity index (χ2n) is 11.2. The van der Waals surface area contributed by atoms with Gasteiger partial charge in [-0.05, 0) is 74.3 Å². The van der Waals surface area contributed by atoms with Gasteiger partial charge in [-0.2, -0.15) is 0 Å². The number of hydrogen-bond acceptors (Lipinski definition) is 6. The number of anilines is 1. The quantitative estimate of drug-likeness (QED) is 0.274. The smallest absolute Gasteiger partial charge is 0.162 e. The summed E-state index contributed by atoms with van der Waals surface area (Å²) in [6.07, 6.45) is 17.9. The van der Waals surface area contributed by atoms with E-state index >= 15 is 0 Å². The van der Waals surface area contributed by atoms with Crippen LogP contribution in [0.3, 0.4) is 0 Å². The fourth-order valence-corrected chi connectivity index (χ4v) is 5.49. The Kier molecular flexibility index (Phi) is 8.59. The number of aliphatic imine (C=N–C) groups is 1. The number of hydrogen-bond donors (Lipinski definition) is 3. The zero-order valence-corrected chi connectivity index (χ0v) is 24.4. The molecular weight excluding hydrogens is 513 g/mol. The van der Waals surface area contributed by atoms with E-state index in [0.29, 0.717) is 48.1 Å². The molecule has 0 spiro atoms. The molecule has 8 heteroatoms. The lowest BCUT2D eigenvalue weighted by Crippen LogP contribution is -2.46. The van der Waals surface area contributed by atoms with E-state index in [1.807, 2.05) is 37.4 Å². The first-order chi connectivity index (χ1) is 20.0. The van der Waals surface area contributed by atoms with Crippen LogP contribution in [0.15, 0.2) is 54.0 Å². The molecule has 0 radical (unpaired) electrons. The van der Waals surface area contributed by atoms with Crippen LogP contribution in [0.1, 0.15) is 59.1 Å². The summed E-state index contributed by atoms with van der Waals surface area (Å²) in [5.41, 5.74) is 9.95. The van der Waals surface area contributed by atoms with Crippen molar-refractivity contribution in [2.75, 3.05) is 18.4 Å². The van der Waals surface area contributed by atoms with E-state index in [9.17, 15) is 4.39 Å². The first-order valence-electron chi connectivity index (χ1n) is 14.6. The molecular formula is C33H40FN7. The van der Waals surface area contributed by atoms with Crippen molar-refractivity contribution in [3.05, 3.63) is 65.2 Å². The Morgan fingerprint density at radius 2 is 2.10 bits per heavy atom. The lowest BCUT2D eigenvalue weighted by atomic mass is 9.78. The molecule has 4 heterocycles. The van der Waals surface area contributed by atoms with Crippen molar-refractivity contribution in [2.45, 2.75) is 59.4 Å². The second-order valence-corrected chi connectivity index (χ2v) is 11.2. The van der Waals surface area contributed by atoms with E-state index < -0.39 is 0 Å². The average Bonchev–Trinajstić information content (AvgIpc) is 3.78. The number of fused-ring (bicyclic) bond motifs is 2. The monoisotopic (exact) mass is 553 g/mol. The zero-order chi connectivity index (χ0) is 29.0. The van der Waals surface area contributed by atoms with Gasteiger partial charge in [0, 0.05) is 45.9 Å². The Labute approximate surface area is 241 Å². The molecule has 7 nitrogen and oxygen atoms in total. The normalized spacial score (nSPS) is 18.0. The van der Waals surface area contributed by atoms with Gasteiger partial charge in [0.2, 0.25) is 0 Å². The van der Waals surface area contributed by atoms with Crippen molar-refractivity contribution in [2.24, 2.45) is 22.1 Å². The van der Waals surface area contributed by atoms with E-state index in [2.05, 4.69) is 47.1 Å². The van der Waals surface area contributed by atoms with Gasteiger partial charge < -0.3 is 16.0 Å². The maximum Gasteiger partial charge on any atom is 0.162 e. The van der Waals surface area contributed by atoms with Gasteiger partial charge in [0.15, 0.2) is 5.82 Å². The van der Waals surface area contributed by atoms with Crippen LogP contribution in [0.4, 0.5) is 10.2 Å². The van der Waals surface area contributed by atoms with Gasteiger partial charge in [-0.15, -0.1) is 0 Å². The third-order valence-electron chi connectivity index (χ3n) is 8.48. The van der Waals surface area contributed by atoms with Crippen LogP contribution >= 0.6 is 0 Å². The topological polar surface area (TPSA) is 105 Å². The maximum absolute atomic E-state index is 13.9. The van der Waals surface area contributed by atoms with E-state index in [4.69, 9.17) is 15.7 Å². The minimum Gasteiger partial charge on any atom is -0.366 e. The number of halogens is 1. The Balaban J connectivity index is 1.70. The van der Waals surface area contributed by atoms with Crippen LogP contribution < -0.4 is 21.6 Å². The number of aromatic amines is 1. The highest BCUT2D eigenvalue weighted by Crippen LogP contribution is 2.37. The van der Waals surface area contributed by atoms with E-state index in [0.717, 1.165) is 53.0 Å². The first kappa shape index (κ1) is 28.6. The summed E-state index contributed by atoms with van der Waals surface area (Å²) < 4.78 is 13.9. The summed E-state index contributed by atoms with van der Waals surface area (Å²) in [5, 5.41) is 6.59. The fraction of sp³-hybridized carbons (Fsp3) is 0.394. The Morgan fingerprint density at radius 3 is 2.78 bits per heavy atom. The molecule has 3 aromatic heterocycles. The molecule has 214 valence electrons. The summed E-state index contributed by atoms with van der Waals surface area (Å²) in [6, 6.07) is 3.96. The molecule has 2 atom stereocenters. The lowest BCUT2D eigenvalue weighted by Gasteiger charge is -2.36. The molecule has 1 aliphatic carbocycles. The molecule has 4 N–H and O–H groups in total. The van der Waals surface area contributed by atoms with Crippen LogP contribution in [0.5, 0.6) is 0 Å². The van der Waals surface area contributed by atoms with Crippen molar-refractivity contribution in [3.8, 4) is 11.4 Å². The minimum atomic E-state index is -0.0932. The van der Waals surface area contributed by atoms with E-state index in [1.54, 1.807) is 18.3 Å². The molecule has 2 aliphatic rings. The number of H-pyrrole nitrogens is 1. The summed E-state index contributed by atoms with van der Waals surface area (Å²) in [4.78, 5) is 22.7. The van der Waals surface area contributed by atoms with Crippen LogP contribution in [0, 0.1) is 11.3 Å². The molecule has 5 rings (SSSR count). The second kappa shape index (κ2) is 12.3. The number of rotatable bonds is 11. The Bertz CT molecular complexity index is 1650. The molecule has 3 aromatic rings. The molecule has 1 aliphatic heterocycles. The molecule has 41 heavy (non-hydrogen) atoms. The largest absolute Gasteiger partial charge is 0.366 e. The van der Waals surface area contributed by atoms with Crippen molar-refractivity contribution < 1.29 is 4.39 Å².